The third kappa shape index (κ3) is 5.17. The Morgan fingerprint density at radius 2 is 2.05 bits per heavy atom. The molecular formula is C10H12N2O6S2. The summed E-state index contributed by atoms with van der Waals surface area (Å²) >= 11 is 0.653. The van der Waals surface area contributed by atoms with E-state index in [9.17, 15) is 18.0 Å². The zero-order chi connectivity index (χ0) is 15.3. The number of carbonyl (C=O) groups is 2. The van der Waals surface area contributed by atoms with E-state index >= 15 is 0 Å². The number of hydrogen-bond acceptors (Lipinski definition) is 6. The maximum absolute atomic E-state index is 11.5. The summed E-state index contributed by atoms with van der Waals surface area (Å²) in [6.45, 7) is 0. The molecule has 1 atom stereocenters. The van der Waals surface area contributed by atoms with Crippen molar-refractivity contribution in [3.8, 4) is 0 Å². The molecule has 0 aliphatic rings. The number of thioether (sulfide) groups is 1. The van der Waals surface area contributed by atoms with Crippen LogP contribution in [0.2, 0.25) is 0 Å². The van der Waals surface area contributed by atoms with E-state index in [0.29, 0.717) is 11.8 Å². The van der Waals surface area contributed by atoms with E-state index < -0.39 is 27.4 Å². The summed E-state index contributed by atoms with van der Waals surface area (Å²) in [4.78, 5) is 21.6. The monoisotopic (exact) mass is 320 g/mol. The number of carboxylic acid groups (broad SMARTS) is 1. The van der Waals surface area contributed by atoms with Crippen molar-refractivity contribution in [3.05, 3.63) is 24.3 Å². The van der Waals surface area contributed by atoms with Crippen molar-refractivity contribution < 1.29 is 27.7 Å². The summed E-state index contributed by atoms with van der Waals surface area (Å²) in [5, 5.41) is 10.3. The average Bonchev–Trinajstić information content (AvgIpc) is 2.35. The number of nitrogens with one attached hydrogen (secondary N) is 1. The fraction of sp³-hybridized carbons (Fsp3) is 0.200. The molecule has 10 heteroatoms. The van der Waals surface area contributed by atoms with Crippen LogP contribution < -0.4 is 11.1 Å². The van der Waals surface area contributed by atoms with E-state index in [1.165, 1.54) is 18.2 Å². The van der Waals surface area contributed by atoms with Crippen LogP contribution in [0, 0.1) is 0 Å². The Morgan fingerprint density at radius 3 is 2.60 bits per heavy atom. The van der Waals surface area contributed by atoms with E-state index in [1.54, 1.807) is 0 Å². The minimum absolute atomic E-state index is 0.126. The second-order valence-electron chi connectivity index (χ2n) is 3.67. The highest BCUT2D eigenvalue weighted by molar-refractivity contribution is 8.13. The van der Waals surface area contributed by atoms with Crippen LogP contribution in [0.4, 0.5) is 10.5 Å². The first-order chi connectivity index (χ1) is 9.20. The molecule has 0 spiro atoms. The Hall–Kier alpha value is -1.62. The van der Waals surface area contributed by atoms with Gasteiger partial charge in [-0.2, -0.15) is 8.42 Å². The van der Waals surface area contributed by atoms with Gasteiger partial charge in [-0.15, -0.1) is 0 Å². The summed E-state index contributed by atoms with van der Waals surface area (Å²) in [5.74, 6) is -1.35. The van der Waals surface area contributed by atoms with Crippen LogP contribution >= 0.6 is 11.8 Å². The molecule has 0 aliphatic heterocycles. The lowest BCUT2D eigenvalue weighted by Gasteiger charge is -2.07. The van der Waals surface area contributed by atoms with Gasteiger partial charge in [0, 0.05) is 11.4 Å². The first-order valence-corrected chi connectivity index (χ1v) is 7.62. The number of nitrogens with two attached hydrogens (primary N) is 1. The molecule has 0 saturated heterocycles. The second-order valence-corrected chi connectivity index (χ2v) is 6.09. The van der Waals surface area contributed by atoms with Gasteiger partial charge in [0.1, 0.15) is 6.04 Å². The van der Waals surface area contributed by atoms with Crippen molar-refractivity contribution in [1.82, 2.24) is 0 Å². The Kier molecular flexibility index (Phi) is 5.51. The van der Waals surface area contributed by atoms with Crippen molar-refractivity contribution in [2.45, 2.75) is 10.9 Å². The molecule has 110 valence electrons. The van der Waals surface area contributed by atoms with Crippen LogP contribution in [0.15, 0.2) is 29.2 Å². The third-order valence-electron chi connectivity index (χ3n) is 2.09. The average molecular weight is 320 g/mol. The molecular weight excluding hydrogens is 308 g/mol. The molecule has 0 saturated carbocycles. The summed E-state index contributed by atoms with van der Waals surface area (Å²) < 4.78 is 30.7. The fourth-order valence-corrected chi connectivity index (χ4v) is 2.31. The number of aliphatic carboxylic acids is 1. The van der Waals surface area contributed by atoms with Gasteiger partial charge in [0.25, 0.3) is 15.4 Å². The molecule has 1 amide bonds. The molecule has 0 aromatic heterocycles. The lowest BCUT2D eigenvalue weighted by molar-refractivity contribution is -0.137. The Balaban J connectivity index is 2.65. The zero-order valence-corrected chi connectivity index (χ0v) is 11.6. The quantitative estimate of drug-likeness (QED) is 0.577. The summed E-state index contributed by atoms with van der Waals surface area (Å²) in [6, 6.07) is 3.83. The van der Waals surface area contributed by atoms with Crippen LogP contribution in [0.3, 0.4) is 0 Å². The molecule has 0 fully saturated rings. The summed E-state index contributed by atoms with van der Waals surface area (Å²) in [6.07, 6.45) is 0. The number of carbonyl (C=O) groups excluding carboxylic acids is 1. The molecule has 1 rings (SSSR count). The van der Waals surface area contributed by atoms with Crippen molar-refractivity contribution in [3.63, 3.8) is 0 Å². The van der Waals surface area contributed by atoms with E-state index in [2.05, 4.69) is 5.32 Å². The van der Waals surface area contributed by atoms with Crippen molar-refractivity contribution in [2.75, 3.05) is 11.1 Å². The number of rotatable bonds is 5. The molecule has 20 heavy (non-hydrogen) atoms. The van der Waals surface area contributed by atoms with Crippen LogP contribution in [-0.2, 0) is 14.9 Å². The van der Waals surface area contributed by atoms with Gasteiger partial charge >= 0.3 is 5.97 Å². The lowest BCUT2D eigenvalue weighted by atomic mass is 10.3. The zero-order valence-electron chi connectivity index (χ0n) is 10.0. The first kappa shape index (κ1) is 16.4. The number of amides is 1. The maximum atomic E-state index is 11.5. The van der Waals surface area contributed by atoms with Gasteiger partial charge in [-0.1, -0.05) is 17.8 Å². The Morgan fingerprint density at radius 1 is 1.40 bits per heavy atom. The van der Waals surface area contributed by atoms with E-state index in [0.717, 1.165) is 6.07 Å². The predicted molar refractivity (Wildman–Crippen MR) is 73.3 cm³/mol. The molecule has 5 N–H and O–H groups in total. The van der Waals surface area contributed by atoms with Gasteiger partial charge in [-0.05, 0) is 18.2 Å². The molecule has 0 aliphatic carbocycles. The second kappa shape index (κ2) is 6.70. The summed E-state index contributed by atoms with van der Waals surface area (Å²) in [5.41, 5.74) is 5.38. The molecule has 8 nitrogen and oxygen atoms in total. The largest absolute Gasteiger partial charge is 0.480 e. The third-order valence-corrected chi connectivity index (χ3v) is 3.83. The topological polar surface area (TPSA) is 147 Å². The predicted octanol–water partition coefficient (Wildman–Crippen LogP) is 0.610. The molecule has 0 radical (unpaired) electrons. The van der Waals surface area contributed by atoms with E-state index in [1.807, 2.05) is 0 Å². The SMILES string of the molecule is NC(CSC(=O)Nc1cccc(S(=O)(=O)O)c1)C(=O)O. The van der Waals surface area contributed by atoms with Gasteiger partial charge in [0.15, 0.2) is 0 Å². The van der Waals surface area contributed by atoms with Crippen molar-refractivity contribution in [2.24, 2.45) is 5.73 Å². The van der Waals surface area contributed by atoms with E-state index in [4.69, 9.17) is 15.4 Å². The van der Waals surface area contributed by atoms with Gasteiger partial charge < -0.3 is 16.2 Å². The maximum Gasteiger partial charge on any atom is 0.321 e. The van der Waals surface area contributed by atoms with Crippen LogP contribution in [-0.4, -0.2) is 41.1 Å². The smallest absolute Gasteiger partial charge is 0.321 e. The highest BCUT2D eigenvalue weighted by Crippen LogP contribution is 2.17. The van der Waals surface area contributed by atoms with Crippen LogP contribution in [0.1, 0.15) is 0 Å². The fourth-order valence-electron chi connectivity index (χ4n) is 1.12. The van der Waals surface area contributed by atoms with Crippen molar-refractivity contribution in [1.29, 1.82) is 0 Å². The van der Waals surface area contributed by atoms with Gasteiger partial charge in [-0.3, -0.25) is 14.1 Å². The van der Waals surface area contributed by atoms with Crippen LogP contribution in [0.25, 0.3) is 0 Å². The number of hydrogen-bond donors (Lipinski definition) is 4. The molecule has 1 unspecified atom stereocenters. The molecule has 1 aromatic carbocycles. The van der Waals surface area contributed by atoms with E-state index in [-0.39, 0.29) is 16.3 Å². The number of carboxylic acids is 1. The lowest BCUT2D eigenvalue weighted by Crippen LogP contribution is -2.33. The normalized spacial score (nSPS) is 12.7. The minimum Gasteiger partial charge on any atom is -0.480 e. The number of benzene rings is 1. The highest BCUT2D eigenvalue weighted by Gasteiger charge is 2.15. The minimum atomic E-state index is -4.35. The Bertz CT molecular complexity index is 616. The first-order valence-electron chi connectivity index (χ1n) is 5.20. The van der Waals surface area contributed by atoms with Gasteiger partial charge in [0.05, 0.1) is 4.90 Å². The molecule has 1 aromatic rings. The molecule has 0 heterocycles. The number of anilines is 1. The van der Waals surface area contributed by atoms with Crippen LogP contribution in [0.5, 0.6) is 0 Å². The standard InChI is InChI=1S/C10H12N2O6S2/c11-8(9(13)14)5-19-10(15)12-6-2-1-3-7(4-6)20(16,17)18/h1-4,8H,5,11H2,(H,12,15)(H,13,14)(H,16,17,18). The Labute approximate surface area is 119 Å². The van der Waals surface area contributed by atoms with Gasteiger partial charge in [-0.25, -0.2) is 0 Å². The highest BCUT2D eigenvalue weighted by atomic mass is 32.2. The van der Waals surface area contributed by atoms with Crippen molar-refractivity contribution >= 4 is 38.8 Å². The van der Waals surface area contributed by atoms with Gasteiger partial charge in [0.2, 0.25) is 0 Å². The molecule has 0 bridgehead atoms. The summed E-state index contributed by atoms with van der Waals surface area (Å²) in [7, 11) is -4.35.